The Bertz CT molecular complexity index is 443. The Morgan fingerprint density at radius 1 is 1.61 bits per heavy atom. The molecule has 0 atom stereocenters. The highest BCUT2D eigenvalue weighted by atomic mass is 79.9. The van der Waals surface area contributed by atoms with Gasteiger partial charge >= 0.3 is 0 Å². The van der Waals surface area contributed by atoms with Gasteiger partial charge in [0.15, 0.2) is 0 Å². The van der Waals surface area contributed by atoms with Crippen molar-refractivity contribution >= 4 is 27.5 Å². The van der Waals surface area contributed by atoms with Crippen LogP contribution in [0.5, 0.6) is 0 Å². The summed E-state index contributed by atoms with van der Waals surface area (Å²) in [5, 5.41) is 5.56. The molecule has 0 radical (unpaired) electrons. The molecule has 2 rings (SSSR count). The summed E-state index contributed by atoms with van der Waals surface area (Å²) in [7, 11) is 0. The van der Waals surface area contributed by atoms with Crippen LogP contribution in [-0.2, 0) is 9.53 Å². The second-order valence-electron chi connectivity index (χ2n) is 4.49. The van der Waals surface area contributed by atoms with Gasteiger partial charge in [-0.15, -0.1) is 0 Å². The summed E-state index contributed by atoms with van der Waals surface area (Å²) in [6, 6.07) is 4.52. The number of amides is 1. The van der Waals surface area contributed by atoms with E-state index in [1.165, 1.54) is 6.07 Å². The SMILES string of the molecule is CC1(OCC(=O)Nc2c(F)cccc2Br)CNC1. The number of hydrogen-bond acceptors (Lipinski definition) is 3. The van der Waals surface area contributed by atoms with Crippen LogP contribution in [-0.4, -0.2) is 31.2 Å². The standard InChI is InChI=1S/C12H14BrFN2O2/c1-12(6-15-7-12)18-5-10(17)16-11-8(13)3-2-4-9(11)14/h2-4,15H,5-7H2,1H3,(H,16,17). The van der Waals surface area contributed by atoms with Gasteiger partial charge in [-0.3, -0.25) is 4.79 Å². The van der Waals surface area contributed by atoms with Crippen molar-refractivity contribution in [3.8, 4) is 0 Å². The number of anilines is 1. The summed E-state index contributed by atoms with van der Waals surface area (Å²) < 4.78 is 19.4. The van der Waals surface area contributed by atoms with Gasteiger partial charge in [0, 0.05) is 17.6 Å². The summed E-state index contributed by atoms with van der Waals surface area (Å²) in [4.78, 5) is 11.7. The molecule has 1 aromatic rings. The maximum atomic E-state index is 13.5. The van der Waals surface area contributed by atoms with Crippen LogP contribution in [0.15, 0.2) is 22.7 Å². The number of rotatable bonds is 4. The van der Waals surface area contributed by atoms with E-state index in [2.05, 4.69) is 26.6 Å². The van der Waals surface area contributed by atoms with Crippen molar-refractivity contribution in [1.82, 2.24) is 5.32 Å². The minimum Gasteiger partial charge on any atom is -0.363 e. The number of carbonyl (C=O) groups is 1. The molecule has 1 aromatic carbocycles. The third-order valence-corrected chi connectivity index (χ3v) is 3.44. The number of ether oxygens (including phenoxy) is 1. The quantitative estimate of drug-likeness (QED) is 0.892. The van der Waals surface area contributed by atoms with Crippen molar-refractivity contribution in [1.29, 1.82) is 0 Å². The molecule has 1 saturated heterocycles. The minimum absolute atomic E-state index is 0.0844. The van der Waals surface area contributed by atoms with Crippen LogP contribution in [0.3, 0.4) is 0 Å². The fraction of sp³-hybridized carbons (Fsp3) is 0.417. The summed E-state index contributed by atoms with van der Waals surface area (Å²) in [5.74, 6) is -0.844. The van der Waals surface area contributed by atoms with Crippen LogP contribution < -0.4 is 10.6 Å². The van der Waals surface area contributed by atoms with E-state index in [0.29, 0.717) is 4.47 Å². The minimum atomic E-state index is -0.478. The summed E-state index contributed by atoms with van der Waals surface area (Å²) in [6.45, 7) is 3.29. The van der Waals surface area contributed by atoms with Crippen molar-refractivity contribution < 1.29 is 13.9 Å². The van der Waals surface area contributed by atoms with E-state index in [-0.39, 0.29) is 23.8 Å². The number of carbonyl (C=O) groups excluding carboxylic acids is 1. The van der Waals surface area contributed by atoms with Gasteiger partial charge < -0.3 is 15.4 Å². The number of para-hydroxylation sites is 1. The second-order valence-corrected chi connectivity index (χ2v) is 5.34. The molecule has 0 aliphatic carbocycles. The number of nitrogens with one attached hydrogen (secondary N) is 2. The molecule has 18 heavy (non-hydrogen) atoms. The Morgan fingerprint density at radius 3 is 2.89 bits per heavy atom. The largest absolute Gasteiger partial charge is 0.363 e. The van der Waals surface area contributed by atoms with Gasteiger partial charge in [-0.25, -0.2) is 4.39 Å². The predicted molar refractivity (Wildman–Crippen MR) is 70.0 cm³/mol. The molecule has 0 bridgehead atoms. The molecule has 1 amide bonds. The monoisotopic (exact) mass is 316 g/mol. The molecule has 0 spiro atoms. The zero-order chi connectivity index (χ0) is 13.2. The first-order valence-corrected chi connectivity index (χ1v) is 6.38. The van der Waals surface area contributed by atoms with Crippen LogP contribution in [0.25, 0.3) is 0 Å². The lowest BCUT2D eigenvalue weighted by Gasteiger charge is -2.38. The van der Waals surface area contributed by atoms with Crippen molar-refractivity contribution in [2.75, 3.05) is 25.0 Å². The molecular weight excluding hydrogens is 303 g/mol. The normalized spacial score (nSPS) is 17.1. The zero-order valence-electron chi connectivity index (χ0n) is 9.93. The first-order valence-electron chi connectivity index (χ1n) is 5.59. The maximum absolute atomic E-state index is 13.5. The average molecular weight is 317 g/mol. The fourth-order valence-corrected chi connectivity index (χ4v) is 2.05. The third kappa shape index (κ3) is 3.07. The van der Waals surface area contributed by atoms with Crippen LogP contribution in [0.2, 0.25) is 0 Å². The zero-order valence-corrected chi connectivity index (χ0v) is 11.5. The molecule has 2 N–H and O–H groups in total. The Balaban J connectivity index is 1.91. The van der Waals surface area contributed by atoms with E-state index in [9.17, 15) is 9.18 Å². The van der Waals surface area contributed by atoms with Crippen molar-refractivity contribution in [2.45, 2.75) is 12.5 Å². The molecular formula is C12H14BrFN2O2. The Morgan fingerprint density at radius 2 is 2.33 bits per heavy atom. The summed E-state index contributed by atoms with van der Waals surface area (Å²) >= 11 is 3.19. The van der Waals surface area contributed by atoms with E-state index >= 15 is 0 Å². The van der Waals surface area contributed by atoms with Crippen molar-refractivity contribution in [2.24, 2.45) is 0 Å². The molecule has 0 saturated carbocycles. The van der Waals surface area contributed by atoms with Crippen LogP contribution in [0.4, 0.5) is 10.1 Å². The van der Waals surface area contributed by atoms with Gasteiger partial charge in [-0.1, -0.05) is 6.07 Å². The highest BCUT2D eigenvalue weighted by Crippen LogP contribution is 2.25. The van der Waals surface area contributed by atoms with Crippen LogP contribution in [0, 0.1) is 5.82 Å². The van der Waals surface area contributed by atoms with Gasteiger partial charge in [0.1, 0.15) is 12.4 Å². The van der Waals surface area contributed by atoms with Crippen molar-refractivity contribution in [3.63, 3.8) is 0 Å². The molecule has 1 heterocycles. The highest BCUT2D eigenvalue weighted by Gasteiger charge is 2.33. The molecule has 0 unspecified atom stereocenters. The lowest BCUT2D eigenvalue weighted by Crippen LogP contribution is -2.59. The smallest absolute Gasteiger partial charge is 0.250 e. The Kier molecular flexibility index (Phi) is 3.99. The predicted octanol–water partition coefficient (Wildman–Crippen LogP) is 1.91. The summed E-state index contributed by atoms with van der Waals surface area (Å²) in [6.07, 6.45) is 0. The van der Waals surface area contributed by atoms with Gasteiger partial charge in [0.2, 0.25) is 0 Å². The highest BCUT2D eigenvalue weighted by molar-refractivity contribution is 9.10. The van der Waals surface area contributed by atoms with E-state index in [0.717, 1.165) is 13.1 Å². The molecule has 1 aliphatic heterocycles. The van der Waals surface area contributed by atoms with Crippen LogP contribution in [0.1, 0.15) is 6.92 Å². The third-order valence-electron chi connectivity index (χ3n) is 2.78. The van der Waals surface area contributed by atoms with Crippen molar-refractivity contribution in [3.05, 3.63) is 28.5 Å². The number of hydrogen-bond donors (Lipinski definition) is 2. The molecule has 0 aromatic heterocycles. The summed E-state index contributed by atoms with van der Waals surface area (Å²) in [5.41, 5.74) is -0.146. The van der Waals surface area contributed by atoms with E-state index in [4.69, 9.17) is 4.74 Å². The Labute approximate surface area is 113 Å². The Hall–Kier alpha value is -0.980. The van der Waals surface area contributed by atoms with E-state index in [1.807, 2.05) is 6.92 Å². The number of halogens is 2. The molecule has 1 aliphatic rings. The second kappa shape index (κ2) is 5.34. The lowest BCUT2D eigenvalue weighted by atomic mass is 10.0. The first-order chi connectivity index (χ1) is 8.50. The van der Waals surface area contributed by atoms with E-state index in [1.54, 1.807) is 12.1 Å². The van der Waals surface area contributed by atoms with Gasteiger partial charge in [-0.2, -0.15) is 0 Å². The van der Waals surface area contributed by atoms with E-state index < -0.39 is 5.82 Å². The fourth-order valence-electron chi connectivity index (χ4n) is 1.61. The van der Waals surface area contributed by atoms with Gasteiger partial charge in [-0.05, 0) is 35.0 Å². The maximum Gasteiger partial charge on any atom is 0.250 e. The average Bonchev–Trinajstić information content (AvgIpc) is 2.29. The topological polar surface area (TPSA) is 50.4 Å². The molecule has 1 fully saturated rings. The molecule has 98 valence electrons. The lowest BCUT2D eigenvalue weighted by molar-refractivity contribution is -0.130. The molecule has 6 heteroatoms. The van der Waals surface area contributed by atoms with Gasteiger partial charge in [0.05, 0.1) is 11.3 Å². The first kappa shape index (κ1) is 13.5. The molecule has 4 nitrogen and oxygen atoms in total. The van der Waals surface area contributed by atoms with Gasteiger partial charge in [0.25, 0.3) is 5.91 Å². The number of benzene rings is 1. The van der Waals surface area contributed by atoms with Crippen LogP contribution >= 0.6 is 15.9 Å².